The highest BCUT2D eigenvalue weighted by Crippen LogP contribution is 2.35. The number of piperidine rings is 2. The number of carbonyl (C=O) groups is 3. The van der Waals surface area contributed by atoms with Crippen molar-refractivity contribution in [3.8, 4) is 28.5 Å². The van der Waals surface area contributed by atoms with Gasteiger partial charge < -0.3 is 24.0 Å². The highest BCUT2D eigenvalue weighted by molar-refractivity contribution is 6.05. The van der Waals surface area contributed by atoms with Gasteiger partial charge in [0, 0.05) is 88.6 Å². The van der Waals surface area contributed by atoms with Crippen LogP contribution in [0.15, 0.2) is 65.2 Å². The molecular formula is C45H52N10O5. The van der Waals surface area contributed by atoms with Crippen LogP contribution < -0.4 is 10.1 Å². The zero-order valence-electron chi connectivity index (χ0n) is 33.9. The summed E-state index contributed by atoms with van der Waals surface area (Å²) < 4.78 is 12.3. The minimum absolute atomic E-state index is 0.114. The Morgan fingerprint density at radius 2 is 1.53 bits per heavy atom. The first-order chi connectivity index (χ1) is 29.4. The van der Waals surface area contributed by atoms with Gasteiger partial charge >= 0.3 is 0 Å². The van der Waals surface area contributed by atoms with Crippen molar-refractivity contribution in [2.45, 2.75) is 76.6 Å². The minimum atomic E-state index is -0.577. The van der Waals surface area contributed by atoms with Crippen LogP contribution in [0.3, 0.4) is 0 Å². The molecule has 312 valence electrons. The Labute approximate surface area is 348 Å². The number of likely N-dealkylation sites (tertiary alicyclic amines) is 1. The molecule has 5 aromatic rings. The molecule has 60 heavy (non-hydrogen) atoms. The summed E-state index contributed by atoms with van der Waals surface area (Å²) >= 11 is 0. The number of carbonyl (C=O) groups excluding carboxylic acids is 3. The van der Waals surface area contributed by atoms with Gasteiger partial charge in [0.1, 0.15) is 23.4 Å². The van der Waals surface area contributed by atoms with Gasteiger partial charge in [0.2, 0.25) is 11.8 Å². The number of hydrogen-bond donors (Lipinski definition) is 2. The van der Waals surface area contributed by atoms with E-state index in [9.17, 15) is 14.4 Å². The quantitative estimate of drug-likeness (QED) is 0.174. The number of rotatable bonds is 11. The first kappa shape index (κ1) is 38.7. The third-order valence-corrected chi connectivity index (χ3v) is 13.5. The van der Waals surface area contributed by atoms with Crippen molar-refractivity contribution >= 4 is 28.6 Å². The zero-order valence-corrected chi connectivity index (χ0v) is 33.9. The van der Waals surface area contributed by atoms with Crippen LogP contribution in [0.5, 0.6) is 5.75 Å². The Morgan fingerprint density at radius 3 is 2.28 bits per heavy atom. The van der Waals surface area contributed by atoms with E-state index in [0.29, 0.717) is 30.1 Å². The van der Waals surface area contributed by atoms with Crippen molar-refractivity contribution in [3.63, 3.8) is 0 Å². The molecular weight excluding hydrogens is 761 g/mol. The second-order valence-electron chi connectivity index (χ2n) is 17.5. The summed E-state index contributed by atoms with van der Waals surface area (Å²) in [5.41, 5.74) is 5.42. The number of piperazine rings is 1. The molecule has 4 fully saturated rings. The topological polar surface area (TPSA) is 166 Å². The Morgan fingerprint density at radius 1 is 0.767 bits per heavy atom. The van der Waals surface area contributed by atoms with E-state index in [4.69, 9.17) is 9.26 Å². The molecule has 1 saturated carbocycles. The van der Waals surface area contributed by atoms with Crippen LogP contribution >= 0.6 is 0 Å². The number of aromatic amines is 1. The maximum Gasteiger partial charge on any atom is 0.255 e. The van der Waals surface area contributed by atoms with E-state index in [1.807, 2.05) is 42.5 Å². The maximum absolute atomic E-state index is 13.1. The van der Waals surface area contributed by atoms with Gasteiger partial charge in [0.15, 0.2) is 11.6 Å². The SMILES string of the molecule is O=C1CCC(N2Cc3cc(CN4CCN(C[C@H]5CC[C@H](CN6CCC(Oc7cccc(-c8onc9ccc(-c%10nnn[nH]%10)cc89)c7)CC6)CC5)CC4)ccc3C2=O)C(=O)N1. The molecule has 1 aliphatic carbocycles. The number of tetrazole rings is 1. The number of nitrogens with zero attached hydrogens (tertiary/aromatic N) is 8. The molecule has 4 aliphatic heterocycles. The van der Waals surface area contributed by atoms with Crippen molar-refractivity contribution < 1.29 is 23.6 Å². The molecule has 0 radical (unpaired) electrons. The van der Waals surface area contributed by atoms with Crippen LogP contribution in [0.25, 0.3) is 33.6 Å². The normalized spacial score (nSPS) is 23.6. The number of hydrogen-bond acceptors (Lipinski definition) is 12. The number of fused-ring (bicyclic) bond motifs is 2. The number of nitrogens with one attached hydrogen (secondary N) is 2. The summed E-state index contributed by atoms with van der Waals surface area (Å²) in [7, 11) is 0. The summed E-state index contributed by atoms with van der Waals surface area (Å²) in [6, 6.07) is 19.5. The second kappa shape index (κ2) is 16.9. The van der Waals surface area contributed by atoms with Crippen molar-refractivity contribution in [1.82, 2.24) is 50.7 Å². The second-order valence-corrected chi connectivity index (χ2v) is 17.5. The first-order valence-electron chi connectivity index (χ1n) is 21.7. The van der Waals surface area contributed by atoms with Gasteiger partial charge in [-0.3, -0.25) is 24.6 Å². The first-order valence-corrected chi connectivity index (χ1v) is 21.7. The van der Waals surface area contributed by atoms with Gasteiger partial charge in [0.25, 0.3) is 5.91 Å². The molecule has 5 aliphatic rings. The molecule has 3 aromatic carbocycles. The minimum Gasteiger partial charge on any atom is -0.490 e. The Bertz CT molecular complexity index is 2340. The van der Waals surface area contributed by atoms with Gasteiger partial charge in [-0.1, -0.05) is 29.4 Å². The molecule has 1 unspecified atom stereocenters. The average molecular weight is 813 g/mol. The largest absolute Gasteiger partial charge is 0.490 e. The summed E-state index contributed by atoms with van der Waals surface area (Å²) in [5.74, 6) is 2.97. The zero-order chi connectivity index (χ0) is 40.6. The summed E-state index contributed by atoms with van der Waals surface area (Å²) in [4.78, 5) is 46.7. The fraction of sp³-hybridized carbons (Fsp3) is 0.489. The summed E-state index contributed by atoms with van der Waals surface area (Å²) in [6.07, 6.45) is 8.20. The van der Waals surface area contributed by atoms with Crippen LogP contribution in [0.1, 0.15) is 72.9 Å². The van der Waals surface area contributed by atoms with E-state index in [1.54, 1.807) is 4.90 Å². The van der Waals surface area contributed by atoms with Crippen LogP contribution in [0.2, 0.25) is 0 Å². The van der Waals surface area contributed by atoms with Crippen LogP contribution in [-0.2, 0) is 22.7 Å². The Kier molecular flexibility index (Phi) is 10.9. The van der Waals surface area contributed by atoms with E-state index in [2.05, 4.69) is 64.0 Å². The van der Waals surface area contributed by atoms with E-state index < -0.39 is 6.04 Å². The fourth-order valence-corrected chi connectivity index (χ4v) is 10.1. The highest BCUT2D eigenvalue weighted by Gasteiger charge is 2.39. The predicted octanol–water partition coefficient (Wildman–Crippen LogP) is 4.90. The number of H-pyrrole nitrogens is 1. The predicted molar refractivity (Wildman–Crippen MR) is 222 cm³/mol. The molecule has 15 heteroatoms. The molecule has 15 nitrogen and oxygen atoms in total. The van der Waals surface area contributed by atoms with E-state index in [-0.39, 0.29) is 30.2 Å². The molecule has 0 spiro atoms. The Balaban J connectivity index is 0.635. The van der Waals surface area contributed by atoms with Gasteiger partial charge in [-0.25, -0.2) is 5.10 Å². The van der Waals surface area contributed by atoms with Crippen molar-refractivity contribution in [3.05, 3.63) is 77.4 Å². The lowest BCUT2D eigenvalue weighted by Crippen LogP contribution is -2.52. The van der Waals surface area contributed by atoms with Gasteiger partial charge in [-0.2, -0.15) is 0 Å². The van der Waals surface area contributed by atoms with Crippen molar-refractivity contribution in [1.29, 1.82) is 0 Å². The molecule has 1 atom stereocenters. The fourth-order valence-electron chi connectivity index (χ4n) is 10.1. The smallest absolute Gasteiger partial charge is 0.255 e. The lowest BCUT2D eigenvalue weighted by molar-refractivity contribution is -0.136. The third kappa shape index (κ3) is 8.30. The van der Waals surface area contributed by atoms with Gasteiger partial charge in [-0.05, 0) is 115 Å². The Hall–Kier alpha value is -5.51. The standard InChI is InChI=1S/C45H52N10O5/c56-41-13-12-40(44(57)46-41)55-28-34-22-31(8-10-37(34)45(55)58)27-54-20-18-53(19-21-54)26-30-6-4-29(5-7-30)25-52-16-14-35(15-17-52)59-36-3-1-2-32(23-36)42-38-24-33(43-47-50-51-48-43)9-11-39(38)49-60-42/h1-3,8-11,22-24,29-30,35,40H,4-7,12-21,25-28H2,(H,46,56,57)(H,47,48,50,51)/t29-,30-,40?. The number of aromatic nitrogens is 5. The molecule has 6 heterocycles. The number of imide groups is 1. The van der Waals surface area contributed by atoms with E-state index in [0.717, 1.165) is 104 Å². The average Bonchev–Trinajstić information content (AvgIpc) is 4.03. The molecule has 3 saturated heterocycles. The van der Waals surface area contributed by atoms with E-state index in [1.165, 1.54) is 44.3 Å². The number of ether oxygens (including phenoxy) is 1. The van der Waals surface area contributed by atoms with Gasteiger partial charge in [0.05, 0.1) is 5.39 Å². The van der Waals surface area contributed by atoms with Crippen molar-refractivity contribution in [2.24, 2.45) is 11.8 Å². The lowest BCUT2D eigenvalue weighted by atomic mass is 9.81. The summed E-state index contributed by atoms with van der Waals surface area (Å²) in [6.45, 7) is 10.1. The molecule has 0 bridgehead atoms. The monoisotopic (exact) mass is 812 g/mol. The lowest BCUT2D eigenvalue weighted by Gasteiger charge is -2.39. The molecule has 10 rings (SSSR count). The van der Waals surface area contributed by atoms with Crippen LogP contribution in [0, 0.1) is 11.8 Å². The third-order valence-electron chi connectivity index (χ3n) is 13.5. The van der Waals surface area contributed by atoms with Crippen molar-refractivity contribution in [2.75, 3.05) is 52.4 Å². The van der Waals surface area contributed by atoms with Gasteiger partial charge in [-0.15, -0.1) is 5.10 Å². The molecule has 2 N–H and O–H groups in total. The van der Waals surface area contributed by atoms with E-state index >= 15 is 0 Å². The highest BCUT2D eigenvalue weighted by atomic mass is 16.5. The van der Waals surface area contributed by atoms with Crippen LogP contribution in [-0.4, -0.2) is 128 Å². The maximum atomic E-state index is 13.1. The number of benzene rings is 3. The molecule has 2 aromatic heterocycles. The number of amides is 3. The van der Waals surface area contributed by atoms with Crippen LogP contribution in [0.4, 0.5) is 0 Å². The molecule has 3 amide bonds. The summed E-state index contributed by atoms with van der Waals surface area (Å²) in [5, 5.41) is 21.8.